The number of esters is 1. The number of ether oxygens (including phenoxy) is 1. The van der Waals surface area contributed by atoms with E-state index < -0.39 is 6.04 Å². The predicted octanol–water partition coefficient (Wildman–Crippen LogP) is 3.98. The lowest BCUT2D eigenvalue weighted by Crippen LogP contribution is -2.46. The van der Waals surface area contributed by atoms with Crippen molar-refractivity contribution < 1.29 is 14.3 Å². The molecule has 1 aromatic rings. The lowest BCUT2D eigenvalue weighted by Gasteiger charge is -2.28. The third kappa shape index (κ3) is 4.21. The smallest absolute Gasteiger partial charge is 0.329 e. The van der Waals surface area contributed by atoms with Crippen LogP contribution in [0.4, 0.5) is 0 Å². The minimum absolute atomic E-state index is 0.0112. The van der Waals surface area contributed by atoms with Gasteiger partial charge in [0, 0.05) is 5.75 Å². The van der Waals surface area contributed by atoms with E-state index in [2.05, 4.69) is 6.92 Å². The lowest BCUT2D eigenvalue weighted by atomic mass is 10.1. The van der Waals surface area contributed by atoms with Crippen molar-refractivity contribution in [1.82, 2.24) is 4.90 Å². The van der Waals surface area contributed by atoms with Gasteiger partial charge in [-0.05, 0) is 25.0 Å². The molecule has 1 fully saturated rings. The topological polar surface area (TPSA) is 46.6 Å². The van der Waals surface area contributed by atoms with E-state index in [1.165, 1.54) is 0 Å². The predicted molar refractivity (Wildman–Crippen MR) is 93.8 cm³/mol. The Balaban J connectivity index is 2.25. The van der Waals surface area contributed by atoms with E-state index >= 15 is 0 Å². The Morgan fingerprint density at radius 2 is 2.04 bits per heavy atom. The molecular formula is C17H22ClNO3S. The average molecular weight is 356 g/mol. The number of thioether (sulfide) groups is 1. The Morgan fingerprint density at radius 1 is 1.30 bits per heavy atom. The summed E-state index contributed by atoms with van der Waals surface area (Å²) >= 11 is 7.80. The molecule has 1 heterocycles. The lowest BCUT2D eigenvalue weighted by molar-refractivity contribution is -0.148. The molecule has 0 aliphatic carbocycles. The van der Waals surface area contributed by atoms with E-state index in [1.54, 1.807) is 40.9 Å². The minimum atomic E-state index is -0.535. The van der Waals surface area contributed by atoms with Gasteiger partial charge in [-0.1, -0.05) is 44.0 Å². The van der Waals surface area contributed by atoms with Crippen LogP contribution in [-0.4, -0.2) is 40.6 Å². The number of hydrogen-bond donors (Lipinski definition) is 0. The van der Waals surface area contributed by atoms with Crippen LogP contribution in [0.2, 0.25) is 5.02 Å². The molecule has 0 spiro atoms. The number of carbonyl (C=O) groups is 2. The fourth-order valence-corrected chi connectivity index (χ4v) is 4.28. The highest BCUT2D eigenvalue weighted by atomic mass is 35.5. The van der Waals surface area contributed by atoms with Gasteiger partial charge in [0.2, 0.25) is 0 Å². The first-order chi connectivity index (χ1) is 11.1. The van der Waals surface area contributed by atoms with Crippen LogP contribution in [0.15, 0.2) is 24.3 Å². The van der Waals surface area contributed by atoms with Gasteiger partial charge in [-0.25, -0.2) is 4.79 Å². The summed E-state index contributed by atoms with van der Waals surface area (Å²) in [6.07, 6.45) is 2.56. The number of amides is 1. The fourth-order valence-electron chi connectivity index (χ4n) is 2.56. The highest BCUT2D eigenvalue weighted by molar-refractivity contribution is 8.00. The molecule has 2 unspecified atom stereocenters. The molecule has 4 nitrogen and oxygen atoms in total. The van der Waals surface area contributed by atoms with Crippen LogP contribution in [0.1, 0.15) is 43.5 Å². The van der Waals surface area contributed by atoms with Crippen molar-refractivity contribution >= 4 is 35.2 Å². The molecule has 0 N–H and O–H groups in total. The normalized spacial score (nSPS) is 20.6. The second-order valence-corrected chi connectivity index (χ2v) is 7.07. The molecule has 6 heteroatoms. The third-order valence-electron chi connectivity index (χ3n) is 3.69. The molecule has 2 atom stereocenters. The van der Waals surface area contributed by atoms with Gasteiger partial charge >= 0.3 is 5.97 Å². The summed E-state index contributed by atoms with van der Waals surface area (Å²) < 4.78 is 5.27. The van der Waals surface area contributed by atoms with Crippen LogP contribution in [-0.2, 0) is 9.53 Å². The summed E-state index contributed by atoms with van der Waals surface area (Å²) in [5.74, 6) is 0.0551. The van der Waals surface area contributed by atoms with Crippen molar-refractivity contribution in [2.75, 3.05) is 12.4 Å². The van der Waals surface area contributed by atoms with E-state index in [0.29, 0.717) is 22.9 Å². The Kier molecular flexibility index (Phi) is 6.78. The van der Waals surface area contributed by atoms with Crippen LogP contribution < -0.4 is 0 Å². The summed E-state index contributed by atoms with van der Waals surface area (Å²) in [6.45, 7) is 4.40. The molecule has 2 rings (SSSR count). The molecule has 23 heavy (non-hydrogen) atoms. The number of nitrogens with zero attached hydrogens (tertiary/aromatic N) is 1. The summed E-state index contributed by atoms with van der Waals surface area (Å²) in [5.41, 5.74) is 0.436. The van der Waals surface area contributed by atoms with Crippen LogP contribution in [0.5, 0.6) is 0 Å². The maximum absolute atomic E-state index is 13.0. The van der Waals surface area contributed by atoms with E-state index in [0.717, 1.165) is 19.3 Å². The van der Waals surface area contributed by atoms with Crippen molar-refractivity contribution in [2.24, 2.45) is 0 Å². The van der Waals surface area contributed by atoms with E-state index in [4.69, 9.17) is 16.3 Å². The summed E-state index contributed by atoms with van der Waals surface area (Å²) in [4.78, 5) is 26.9. The molecule has 1 saturated heterocycles. The molecule has 0 aromatic heterocycles. The standard InChI is InChI=1S/C17H22ClNO3S/c1-3-7-15-19(14(11-23-15)17(21)22-10-4-2)16(20)12-8-5-6-9-13(12)18/h5-6,8-9,14-15H,3-4,7,10-11H2,1-2H3. The largest absolute Gasteiger partial charge is 0.464 e. The fraction of sp³-hybridized carbons (Fsp3) is 0.529. The molecule has 1 aliphatic rings. The first kappa shape index (κ1) is 18.1. The first-order valence-corrected chi connectivity index (χ1v) is 9.38. The van der Waals surface area contributed by atoms with Crippen LogP contribution in [0.3, 0.4) is 0 Å². The maximum atomic E-state index is 13.0. The quantitative estimate of drug-likeness (QED) is 0.724. The minimum Gasteiger partial charge on any atom is -0.464 e. The molecule has 0 radical (unpaired) electrons. The number of benzene rings is 1. The zero-order valence-electron chi connectivity index (χ0n) is 13.5. The molecule has 1 aliphatic heterocycles. The van der Waals surface area contributed by atoms with Gasteiger partial charge in [-0.3, -0.25) is 4.79 Å². The zero-order valence-corrected chi connectivity index (χ0v) is 15.0. The molecular weight excluding hydrogens is 334 g/mol. The summed E-state index contributed by atoms with van der Waals surface area (Å²) in [5, 5.41) is 0.397. The van der Waals surface area contributed by atoms with Gasteiger partial charge in [-0.15, -0.1) is 11.8 Å². The number of hydrogen-bond acceptors (Lipinski definition) is 4. The first-order valence-electron chi connectivity index (χ1n) is 7.95. The summed E-state index contributed by atoms with van der Waals surface area (Å²) in [7, 11) is 0. The average Bonchev–Trinajstić information content (AvgIpc) is 2.96. The van der Waals surface area contributed by atoms with Crippen LogP contribution >= 0.6 is 23.4 Å². The van der Waals surface area contributed by atoms with Crippen LogP contribution in [0.25, 0.3) is 0 Å². The number of halogens is 1. The summed E-state index contributed by atoms with van der Waals surface area (Å²) in [6, 6.07) is 6.42. The highest BCUT2D eigenvalue weighted by Crippen LogP contribution is 2.35. The number of rotatable bonds is 6. The third-order valence-corrected chi connectivity index (χ3v) is 5.37. The van der Waals surface area contributed by atoms with Gasteiger partial charge < -0.3 is 9.64 Å². The van der Waals surface area contributed by atoms with E-state index in [-0.39, 0.29) is 17.3 Å². The second kappa shape index (κ2) is 8.60. The van der Waals surface area contributed by atoms with Crippen molar-refractivity contribution in [2.45, 2.75) is 44.5 Å². The van der Waals surface area contributed by atoms with Gasteiger partial charge in [0.25, 0.3) is 5.91 Å². The van der Waals surface area contributed by atoms with Gasteiger partial charge in [-0.2, -0.15) is 0 Å². The van der Waals surface area contributed by atoms with Crippen molar-refractivity contribution in [3.8, 4) is 0 Å². The highest BCUT2D eigenvalue weighted by Gasteiger charge is 2.42. The molecule has 0 bridgehead atoms. The Hall–Kier alpha value is -1.20. The van der Waals surface area contributed by atoms with E-state index in [1.807, 2.05) is 6.92 Å². The van der Waals surface area contributed by atoms with Crippen LogP contribution in [0, 0.1) is 0 Å². The monoisotopic (exact) mass is 355 g/mol. The molecule has 1 amide bonds. The van der Waals surface area contributed by atoms with E-state index in [9.17, 15) is 9.59 Å². The van der Waals surface area contributed by atoms with Crippen molar-refractivity contribution in [3.05, 3.63) is 34.9 Å². The molecule has 0 saturated carbocycles. The van der Waals surface area contributed by atoms with Gasteiger partial charge in [0.1, 0.15) is 6.04 Å². The SMILES string of the molecule is CCCOC(=O)C1CSC(CCC)N1C(=O)c1ccccc1Cl. The molecule has 1 aromatic carbocycles. The van der Waals surface area contributed by atoms with Crippen molar-refractivity contribution in [3.63, 3.8) is 0 Å². The van der Waals surface area contributed by atoms with Crippen molar-refractivity contribution in [1.29, 1.82) is 0 Å². The number of carbonyl (C=O) groups excluding carboxylic acids is 2. The van der Waals surface area contributed by atoms with Gasteiger partial charge in [0.05, 0.1) is 22.6 Å². The zero-order chi connectivity index (χ0) is 16.8. The molecule has 126 valence electrons. The van der Waals surface area contributed by atoms with Gasteiger partial charge in [0.15, 0.2) is 0 Å². The Bertz CT molecular complexity index is 567. The Labute approximate surface area is 146 Å². The second-order valence-electron chi connectivity index (χ2n) is 5.45. The maximum Gasteiger partial charge on any atom is 0.329 e. The Morgan fingerprint density at radius 3 is 2.70 bits per heavy atom.